The lowest BCUT2D eigenvalue weighted by molar-refractivity contribution is 0.0938. The van der Waals surface area contributed by atoms with Crippen molar-refractivity contribution in [1.82, 2.24) is 25.7 Å². The molecular weight excluding hydrogens is 278 g/mol. The molecule has 0 fully saturated rings. The van der Waals surface area contributed by atoms with E-state index in [1.54, 1.807) is 12.3 Å². The van der Waals surface area contributed by atoms with E-state index in [9.17, 15) is 4.79 Å². The summed E-state index contributed by atoms with van der Waals surface area (Å²) in [4.78, 5) is 16.7. The number of carbonyl (C=O) groups excluding carboxylic acids is 1. The molecule has 22 heavy (non-hydrogen) atoms. The predicted octanol–water partition coefficient (Wildman–Crippen LogP) is 2.08. The summed E-state index contributed by atoms with van der Waals surface area (Å²) in [6.07, 6.45) is 3.50. The average molecular weight is 293 g/mol. The highest BCUT2D eigenvalue weighted by Gasteiger charge is 2.25. The number of nitrogens with zero attached hydrogens (tertiary/aromatic N) is 3. The van der Waals surface area contributed by atoms with E-state index in [1.807, 2.05) is 0 Å². The van der Waals surface area contributed by atoms with Gasteiger partial charge >= 0.3 is 0 Å². The molecule has 1 atom stereocenters. The Morgan fingerprint density at radius 1 is 1.32 bits per heavy atom. The van der Waals surface area contributed by atoms with Crippen LogP contribution in [0.5, 0.6) is 0 Å². The quantitative estimate of drug-likeness (QED) is 0.757. The second kappa shape index (κ2) is 4.91. The van der Waals surface area contributed by atoms with Gasteiger partial charge in [0.2, 0.25) is 5.65 Å². The first-order valence-corrected chi connectivity index (χ1v) is 7.28. The number of aromatic amines is 1. The zero-order valence-corrected chi connectivity index (χ0v) is 12.1. The maximum absolute atomic E-state index is 12.6. The highest BCUT2D eigenvalue weighted by Crippen LogP contribution is 2.32. The van der Waals surface area contributed by atoms with E-state index in [1.165, 1.54) is 16.7 Å². The Morgan fingerprint density at radius 2 is 2.23 bits per heavy atom. The van der Waals surface area contributed by atoms with Gasteiger partial charge in [-0.15, -0.1) is 5.10 Å². The van der Waals surface area contributed by atoms with E-state index < -0.39 is 0 Å². The lowest BCUT2D eigenvalue weighted by atomic mass is 10.0. The van der Waals surface area contributed by atoms with Crippen molar-refractivity contribution in [2.24, 2.45) is 0 Å². The fourth-order valence-electron chi connectivity index (χ4n) is 3.05. The number of aryl methyl sites for hydroxylation is 2. The fraction of sp³-hybridized carbons (Fsp3) is 0.250. The number of pyridine rings is 1. The normalized spacial score (nSPS) is 16.7. The number of rotatable bonds is 2. The number of nitrogens with one attached hydrogen (secondary N) is 2. The van der Waals surface area contributed by atoms with E-state index >= 15 is 0 Å². The smallest absolute Gasteiger partial charge is 0.254 e. The van der Waals surface area contributed by atoms with E-state index in [0.717, 1.165) is 12.8 Å². The highest BCUT2D eigenvalue weighted by molar-refractivity contribution is 6.03. The molecule has 0 aliphatic heterocycles. The van der Waals surface area contributed by atoms with Crippen LogP contribution in [-0.4, -0.2) is 26.3 Å². The molecule has 3 aromatic rings. The summed E-state index contributed by atoms with van der Waals surface area (Å²) in [5, 5.41) is 13.5. The molecule has 6 nitrogen and oxygen atoms in total. The molecule has 2 aromatic heterocycles. The largest absolute Gasteiger partial charge is 0.345 e. The van der Waals surface area contributed by atoms with Crippen molar-refractivity contribution in [3.8, 4) is 0 Å². The highest BCUT2D eigenvalue weighted by atomic mass is 16.1. The van der Waals surface area contributed by atoms with Crippen LogP contribution < -0.4 is 5.32 Å². The van der Waals surface area contributed by atoms with Crippen molar-refractivity contribution in [2.45, 2.75) is 25.8 Å². The molecule has 0 bridgehead atoms. The molecule has 1 aromatic carbocycles. The van der Waals surface area contributed by atoms with Crippen LogP contribution in [0.1, 0.15) is 39.5 Å². The molecule has 0 saturated heterocycles. The first kappa shape index (κ1) is 12.9. The monoisotopic (exact) mass is 293 g/mol. The molecule has 6 heteroatoms. The second-order valence-corrected chi connectivity index (χ2v) is 5.62. The zero-order valence-electron chi connectivity index (χ0n) is 12.1. The van der Waals surface area contributed by atoms with Crippen LogP contribution in [0, 0.1) is 6.92 Å². The molecular formula is C16H15N5O. The summed E-state index contributed by atoms with van der Waals surface area (Å²) in [6.45, 7) is 2.07. The van der Waals surface area contributed by atoms with Gasteiger partial charge in [-0.2, -0.15) is 10.3 Å². The summed E-state index contributed by atoms with van der Waals surface area (Å²) >= 11 is 0. The summed E-state index contributed by atoms with van der Waals surface area (Å²) in [5.41, 5.74) is 5.20. The van der Waals surface area contributed by atoms with Crippen molar-refractivity contribution in [3.63, 3.8) is 0 Å². The molecule has 4 rings (SSSR count). The van der Waals surface area contributed by atoms with Crippen LogP contribution in [0.3, 0.4) is 0 Å². The van der Waals surface area contributed by atoms with E-state index in [0.29, 0.717) is 16.7 Å². The van der Waals surface area contributed by atoms with Gasteiger partial charge in [0.1, 0.15) is 5.52 Å². The third-order valence-corrected chi connectivity index (χ3v) is 4.15. The van der Waals surface area contributed by atoms with Crippen molar-refractivity contribution in [1.29, 1.82) is 0 Å². The van der Waals surface area contributed by atoms with Gasteiger partial charge in [-0.05, 0) is 37.0 Å². The van der Waals surface area contributed by atoms with Crippen LogP contribution in [0.4, 0.5) is 0 Å². The Morgan fingerprint density at radius 3 is 3.14 bits per heavy atom. The fourth-order valence-corrected chi connectivity index (χ4v) is 3.05. The maximum atomic E-state index is 12.6. The third kappa shape index (κ3) is 2.04. The Balaban J connectivity index is 1.64. The zero-order chi connectivity index (χ0) is 15.1. The Bertz CT molecular complexity index is 870. The number of aromatic nitrogens is 4. The topological polar surface area (TPSA) is 83.6 Å². The SMILES string of the molecule is Cc1ccc2c(c1)C(NC(=O)c1ccnc3n[nH]nc13)CC2. The van der Waals surface area contributed by atoms with Gasteiger partial charge in [0.25, 0.3) is 5.91 Å². The summed E-state index contributed by atoms with van der Waals surface area (Å²) < 4.78 is 0. The number of amides is 1. The summed E-state index contributed by atoms with van der Waals surface area (Å²) in [6, 6.07) is 8.15. The molecule has 2 heterocycles. The first-order valence-electron chi connectivity index (χ1n) is 7.28. The minimum Gasteiger partial charge on any atom is -0.345 e. The number of carbonyl (C=O) groups is 1. The number of hydrogen-bond donors (Lipinski definition) is 2. The molecule has 0 radical (unpaired) electrons. The Hall–Kier alpha value is -2.76. The summed E-state index contributed by atoms with van der Waals surface area (Å²) in [7, 11) is 0. The minimum atomic E-state index is -0.138. The molecule has 0 spiro atoms. The van der Waals surface area contributed by atoms with Gasteiger partial charge in [-0.3, -0.25) is 4.79 Å². The standard InChI is InChI=1S/C16H15N5O/c1-9-2-3-10-4-5-13(12(10)8-9)18-16(22)11-6-7-17-15-14(11)19-21-20-15/h2-3,6-8,13H,4-5H2,1H3,(H,18,22)(H,17,19,20,21). The second-order valence-electron chi connectivity index (χ2n) is 5.62. The number of benzene rings is 1. The van der Waals surface area contributed by atoms with E-state index in [2.05, 4.69) is 50.8 Å². The van der Waals surface area contributed by atoms with Crippen molar-refractivity contribution in [3.05, 3.63) is 52.7 Å². The van der Waals surface area contributed by atoms with Crippen molar-refractivity contribution >= 4 is 17.1 Å². The van der Waals surface area contributed by atoms with Gasteiger partial charge in [0.05, 0.1) is 11.6 Å². The molecule has 1 amide bonds. The van der Waals surface area contributed by atoms with Gasteiger partial charge in [-0.1, -0.05) is 23.8 Å². The van der Waals surface area contributed by atoms with Crippen LogP contribution in [-0.2, 0) is 6.42 Å². The molecule has 110 valence electrons. The molecule has 1 aliphatic rings. The number of H-pyrrole nitrogens is 1. The van der Waals surface area contributed by atoms with Gasteiger partial charge in [-0.25, -0.2) is 4.98 Å². The number of fused-ring (bicyclic) bond motifs is 2. The van der Waals surface area contributed by atoms with E-state index in [-0.39, 0.29) is 11.9 Å². The first-order chi connectivity index (χ1) is 10.7. The van der Waals surface area contributed by atoms with Crippen molar-refractivity contribution in [2.75, 3.05) is 0 Å². The average Bonchev–Trinajstić information content (AvgIpc) is 3.14. The van der Waals surface area contributed by atoms with Gasteiger partial charge in [0, 0.05) is 6.20 Å². The lowest BCUT2D eigenvalue weighted by Gasteiger charge is -2.14. The van der Waals surface area contributed by atoms with Crippen LogP contribution in [0.15, 0.2) is 30.5 Å². The Labute approximate surface area is 127 Å². The Kier molecular flexibility index (Phi) is 2.89. The van der Waals surface area contributed by atoms with Gasteiger partial charge in [0.15, 0.2) is 0 Å². The van der Waals surface area contributed by atoms with Gasteiger partial charge < -0.3 is 5.32 Å². The van der Waals surface area contributed by atoms with Crippen LogP contribution in [0.25, 0.3) is 11.2 Å². The molecule has 1 unspecified atom stereocenters. The van der Waals surface area contributed by atoms with E-state index in [4.69, 9.17) is 0 Å². The number of hydrogen-bond acceptors (Lipinski definition) is 4. The maximum Gasteiger partial charge on any atom is 0.254 e. The molecule has 1 aliphatic carbocycles. The van der Waals surface area contributed by atoms with Crippen LogP contribution >= 0.6 is 0 Å². The minimum absolute atomic E-state index is 0.0533. The third-order valence-electron chi connectivity index (χ3n) is 4.15. The predicted molar refractivity (Wildman–Crippen MR) is 81.4 cm³/mol. The lowest BCUT2D eigenvalue weighted by Crippen LogP contribution is -2.27. The summed E-state index contributed by atoms with van der Waals surface area (Å²) in [5.74, 6) is -0.138. The molecule has 2 N–H and O–H groups in total. The molecule has 0 saturated carbocycles. The van der Waals surface area contributed by atoms with Crippen LogP contribution in [0.2, 0.25) is 0 Å². The van der Waals surface area contributed by atoms with Crippen molar-refractivity contribution < 1.29 is 4.79 Å².